The van der Waals surface area contributed by atoms with Gasteiger partial charge in [0.2, 0.25) is 0 Å². The van der Waals surface area contributed by atoms with E-state index in [2.05, 4.69) is 20.9 Å². The molecule has 1 aromatic carbocycles. The summed E-state index contributed by atoms with van der Waals surface area (Å²) in [5, 5.41) is 0. The fourth-order valence-corrected chi connectivity index (χ4v) is 1.11. The van der Waals surface area contributed by atoms with Crippen LogP contribution in [-0.4, -0.2) is 4.62 Å². The van der Waals surface area contributed by atoms with Gasteiger partial charge in [-0.1, -0.05) is 6.92 Å². The van der Waals surface area contributed by atoms with Crippen molar-refractivity contribution in [3.8, 4) is 5.75 Å². The van der Waals surface area contributed by atoms with E-state index in [1.165, 1.54) is 12.1 Å². The van der Waals surface area contributed by atoms with Crippen molar-refractivity contribution >= 4 is 20.6 Å². The van der Waals surface area contributed by atoms with Crippen molar-refractivity contribution in [1.29, 1.82) is 0 Å². The molecule has 0 aliphatic carbocycles. The van der Waals surface area contributed by atoms with E-state index in [1.54, 1.807) is 18.3 Å². The van der Waals surface area contributed by atoms with Crippen LogP contribution in [0, 0.1) is 5.82 Å². The van der Waals surface area contributed by atoms with Crippen LogP contribution in [0.1, 0.15) is 20.3 Å². The standard InChI is InChI=1S/C12H13BrFNO/c1-3-11(8-15-9(2)13)16-12-6-4-10(14)5-7-12/h4-8H,3H2,1-2H3/b11-8+,15-9?. The van der Waals surface area contributed by atoms with Crippen molar-refractivity contribution in [1.82, 2.24) is 0 Å². The Labute approximate surface area is 103 Å². The quantitative estimate of drug-likeness (QED) is 0.598. The van der Waals surface area contributed by atoms with Crippen molar-refractivity contribution in [3.63, 3.8) is 0 Å². The molecule has 0 aliphatic rings. The molecule has 2 nitrogen and oxygen atoms in total. The number of hydrogen-bond acceptors (Lipinski definition) is 2. The Morgan fingerprint density at radius 1 is 1.44 bits per heavy atom. The lowest BCUT2D eigenvalue weighted by Gasteiger charge is -2.06. The highest BCUT2D eigenvalue weighted by Gasteiger charge is 1.98. The van der Waals surface area contributed by atoms with Crippen molar-refractivity contribution in [2.24, 2.45) is 4.99 Å². The molecule has 0 spiro atoms. The van der Waals surface area contributed by atoms with Gasteiger partial charge in [-0.15, -0.1) is 0 Å². The van der Waals surface area contributed by atoms with E-state index >= 15 is 0 Å². The smallest absolute Gasteiger partial charge is 0.127 e. The second-order valence-electron chi connectivity index (χ2n) is 3.13. The van der Waals surface area contributed by atoms with Gasteiger partial charge in [-0.25, -0.2) is 4.39 Å². The summed E-state index contributed by atoms with van der Waals surface area (Å²) < 4.78 is 19.0. The van der Waals surface area contributed by atoms with E-state index < -0.39 is 0 Å². The third-order valence-corrected chi connectivity index (χ3v) is 2.00. The highest BCUT2D eigenvalue weighted by atomic mass is 79.9. The van der Waals surface area contributed by atoms with Crippen LogP contribution < -0.4 is 4.74 Å². The topological polar surface area (TPSA) is 21.6 Å². The van der Waals surface area contributed by atoms with Crippen LogP contribution in [0.4, 0.5) is 4.39 Å². The maximum absolute atomic E-state index is 12.7. The predicted octanol–water partition coefficient (Wildman–Crippen LogP) is 4.27. The van der Waals surface area contributed by atoms with E-state index in [-0.39, 0.29) is 5.82 Å². The molecule has 86 valence electrons. The number of hydrogen-bond donors (Lipinski definition) is 0. The second-order valence-corrected chi connectivity index (χ2v) is 4.28. The number of allylic oxidation sites excluding steroid dienone is 1. The van der Waals surface area contributed by atoms with Crippen LogP contribution in [0.5, 0.6) is 5.75 Å². The van der Waals surface area contributed by atoms with Gasteiger partial charge in [-0.2, -0.15) is 0 Å². The molecule has 0 aromatic heterocycles. The molecule has 0 bridgehead atoms. The predicted molar refractivity (Wildman–Crippen MR) is 67.4 cm³/mol. The van der Waals surface area contributed by atoms with Crippen molar-refractivity contribution in [3.05, 3.63) is 42.0 Å². The van der Waals surface area contributed by atoms with Gasteiger partial charge in [-0.3, -0.25) is 4.99 Å². The highest BCUT2D eigenvalue weighted by Crippen LogP contribution is 2.16. The zero-order valence-electron chi connectivity index (χ0n) is 9.21. The van der Waals surface area contributed by atoms with Crippen LogP contribution >= 0.6 is 15.9 Å². The first kappa shape index (κ1) is 12.9. The summed E-state index contributed by atoms with van der Waals surface area (Å²) in [6.45, 7) is 3.80. The molecule has 0 N–H and O–H groups in total. The highest BCUT2D eigenvalue weighted by molar-refractivity contribution is 9.18. The largest absolute Gasteiger partial charge is 0.460 e. The summed E-state index contributed by atoms with van der Waals surface area (Å²) in [5.74, 6) is 1.06. The Bertz CT molecular complexity index is 394. The second kappa shape index (κ2) is 6.43. The Morgan fingerprint density at radius 3 is 2.56 bits per heavy atom. The van der Waals surface area contributed by atoms with Crippen LogP contribution in [0.25, 0.3) is 0 Å². The molecule has 0 saturated heterocycles. The zero-order chi connectivity index (χ0) is 12.0. The average Bonchev–Trinajstić information content (AvgIpc) is 2.26. The van der Waals surface area contributed by atoms with Crippen LogP contribution in [-0.2, 0) is 0 Å². The van der Waals surface area contributed by atoms with Crippen molar-refractivity contribution in [2.45, 2.75) is 20.3 Å². The third-order valence-electron chi connectivity index (χ3n) is 1.80. The monoisotopic (exact) mass is 285 g/mol. The number of nitrogens with zero attached hydrogens (tertiary/aromatic N) is 1. The molecular weight excluding hydrogens is 273 g/mol. The van der Waals surface area contributed by atoms with Gasteiger partial charge in [0, 0.05) is 6.42 Å². The maximum Gasteiger partial charge on any atom is 0.127 e. The minimum absolute atomic E-state index is 0.274. The molecule has 0 unspecified atom stereocenters. The Hall–Kier alpha value is -1.16. The van der Waals surface area contributed by atoms with Crippen LogP contribution in [0.3, 0.4) is 0 Å². The minimum atomic E-state index is -0.274. The van der Waals surface area contributed by atoms with E-state index in [0.29, 0.717) is 5.75 Å². The molecule has 1 aromatic rings. The first-order valence-corrected chi connectivity index (χ1v) is 5.73. The summed E-state index contributed by atoms with van der Waals surface area (Å²) >= 11 is 3.23. The summed E-state index contributed by atoms with van der Waals surface area (Å²) in [6.07, 6.45) is 2.37. The number of aliphatic imine (C=N–C) groups is 1. The van der Waals surface area contributed by atoms with E-state index in [4.69, 9.17) is 4.74 Å². The number of rotatable bonds is 4. The molecule has 0 heterocycles. The lowest BCUT2D eigenvalue weighted by Crippen LogP contribution is -1.93. The molecular formula is C12H13BrFNO. The molecule has 0 amide bonds. The van der Waals surface area contributed by atoms with Gasteiger partial charge in [-0.05, 0) is 47.1 Å². The molecule has 1 rings (SSSR count). The van der Waals surface area contributed by atoms with E-state index in [9.17, 15) is 4.39 Å². The lowest BCUT2D eigenvalue weighted by molar-refractivity contribution is 0.407. The fourth-order valence-electron chi connectivity index (χ4n) is 1.00. The van der Waals surface area contributed by atoms with Gasteiger partial charge >= 0.3 is 0 Å². The van der Waals surface area contributed by atoms with Gasteiger partial charge in [0.25, 0.3) is 0 Å². The summed E-state index contributed by atoms with van der Waals surface area (Å²) in [7, 11) is 0. The number of benzene rings is 1. The Balaban J connectivity index is 2.74. The normalized spacial score (nSPS) is 12.8. The number of halogens is 2. The molecule has 0 saturated carbocycles. The Kier molecular flexibility index (Phi) is 5.19. The summed E-state index contributed by atoms with van der Waals surface area (Å²) in [5.41, 5.74) is 0. The average molecular weight is 286 g/mol. The van der Waals surface area contributed by atoms with Crippen LogP contribution in [0.2, 0.25) is 0 Å². The zero-order valence-corrected chi connectivity index (χ0v) is 10.8. The van der Waals surface area contributed by atoms with Gasteiger partial charge in [0.05, 0.1) is 10.8 Å². The van der Waals surface area contributed by atoms with E-state index in [0.717, 1.165) is 16.8 Å². The summed E-state index contributed by atoms with van der Waals surface area (Å²) in [6, 6.07) is 5.90. The maximum atomic E-state index is 12.7. The first-order valence-electron chi connectivity index (χ1n) is 4.94. The molecule has 0 radical (unpaired) electrons. The van der Waals surface area contributed by atoms with Crippen LogP contribution in [0.15, 0.2) is 41.2 Å². The fraction of sp³-hybridized carbons (Fsp3) is 0.250. The molecule has 4 heteroatoms. The summed E-state index contributed by atoms with van der Waals surface area (Å²) in [4.78, 5) is 4.08. The number of ether oxygens (including phenoxy) is 1. The lowest BCUT2D eigenvalue weighted by atomic mass is 10.3. The van der Waals surface area contributed by atoms with Crippen molar-refractivity contribution in [2.75, 3.05) is 0 Å². The van der Waals surface area contributed by atoms with Gasteiger partial charge in [0.1, 0.15) is 17.3 Å². The molecule has 0 atom stereocenters. The van der Waals surface area contributed by atoms with Gasteiger partial charge in [0.15, 0.2) is 0 Å². The SMILES string of the molecule is CC/C(=C\N=C(C)Br)Oc1ccc(F)cc1. The Morgan fingerprint density at radius 2 is 2.06 bits per heavy atom. The minimum Gasteiger partial charge on any atom is -0.460 e. The first-order chi connectivity index (χ1) is 7.61. The third kappa shape index (κ3) is 4.57. The molecule has 0 fully saturated rings. The van der Waals surface area contributed by atoms with Gasteiger partial charge < -0.3 is 4.74 Å². The molecule has 0 aliphatic heterocycles. The molecule has 16 heavy (non-hydrogen) atoms. The van der Waals surface area contributed by atoms with E-state index in [1.807, 2.05) is 13.8 Å². The van der Waals surface area contributed by atoms with Crippen molar-refractivity contribution < 1.29 is 9.13 Å².